The highest BCUT2D eigenvalue weighted by Gasteiger charge is 2.14. The molecule has 0 radical (unpaired) electrons. The molecule has 26 heavy (non-hydrogen) atoms. The number of aromatic nitrogens is 4. The van der Waals surface area contributed by atoms with Crippen molar-refractivity contribution in [2.24, 2.45) is 0 Å². The minimum atomic E-state index is -0.571. The molecule has 0 bridgehead atoms. The molecule has 0 unspecified atom stereocenters. The number of nitrogens with zero attached hydrogens (tertiary/aromatic N) is 4. The van der Waals surface area contributed by atoms with Crippen molar-refractivity contribution in [1.82, 2.24) is 19.4 Å². The van der Waals surface area contributed by atoms with Gasteiger partial charge in [-0.25, -0.2) is 9.97 Å². The van der Waals surface area contributed by atoms with Crippen LogP contribution in [-0.4, -0.2) is 29.8 Å². The van der Waals surface area contributed by atoms with E-state index in [9.17, 15) is 20.0 Å². The molecular formula is C18H14N4O4. The summed E-state index contributed by atoms with van der Waals surface area (Å²) in [5.41, 5.74) is -0.215. The zero-order valence-corrected chi connectivity index (χ0v) is 13.5. The highest BCUT2D eigenvalue weighted by atomic mass is 16.5. The van der Waals surface area contributed by atoms with Gasteiger partial charge in [0.05, 0.1) is 21.8 Å². The highest BCUT2D eigenvalue weighted by molar-refractivity contribution is 5.78. The highest BCUT2D eigenvalue weighted by Crippen LogP contribution is 2.11. The molecule has 4 aromatic rings. The van der Waals surface area contributed by atoms with Gasteiger partial charge in [-0.15, -0.1) is 9.46 Å². The Hall–Kier alpha value is -3.68. The van der Waals surface area contributed by atoms with Gasteiger partial charge in [-0.1, -0.05) is 24.3 Å². The van der Waals surface area contributed by atoms with Crippen LogP contribution in [0, 0.1) is 0 Å². The molecule has 2 heterocycles. The number of aryl methyl sites for hydroxylation is 2. The van der Waals surface area contributed by atoms with Crippen LogP contribution in [0.15, 0.2) is 58.1 Å². The lowest BCUT2D eigenvalue weighted by atomic mass is 10.2. The molecule has 2 aromatic carbocycles. The Kier molecular flexibility index (Phi) is 3.65. The summed E-state index contributed by atoms with van der Waals surface area (Å²) in [6, 6.07) is 13.4. The first-order valence-corrected chi connectivity index (χ1v) is 7.96. The Labute approximate surface area is 146 Å². The zero-order chi connectivity index (χ0) is 18.3. The summed E-state index contributed by atoms with van der Waals surface area (Å²) in [7, 11) is 0. The van der Waals surface area contributed by atoms with Gasteiger partial charge in [0.2, 0.25) is 0 Å². The SMILES string of the molecule is O=c1c2ccccc2nc(CCc2nc3ccccc3c(=O)n2O)n1O. The Morgan fingerprint density at radius 2 is 1.08 bits per heavy atom. The van der Waals surface area contributed by atoms with Gasteiger partial charge < -0.3 is 10.4 Å². The van der Waals surface area contributed by atoms with E-state index in [0.29, 0.717) is 31.3 Å². The Bertz CT molecular complexity index is 1160. The predicted octanol–water partition coefficient (Wildman–Crippen LogP) is 1.37. The molecule has 130 valence electrons. The minimum Gasteiger partial charge on any atom is -0.424 e. The number of rotatable bonds is 3. The molecule has 8 nitrogen and oxygen atoms in total. The zero-order valence-electron chi connectivity index (χ0n) is 13.5. The van der Waals surface area contributed by atoms with Crippen molar-refractivity contribution in [3.63, 3.8) is 0 Å². The topological polar surface area (TPSA) is 110 Å². The number of fused-ring (bicyclic) bond motifs is 2. The summed E-state index contributed by atoms with van der Waals surface area (Å²) < 4.78 is 0.979. The van der Waals surface area contributed by atoms with Crippen LogP contribution in [0.2, 0.25) is 0 Å². The van der Waals surface area contributed by atoms with E-state index in [2.05, 4.69) is 9.97 Å². The van der Waals surface area contributed by atoms with E-state index in [1.807, 2.05) is 0 Å². The van der Waals surface area contributed by atoms with Crippen molar-refractivity contribution in [2.75, 3.05) is 0 Å². The van der Waals surface area contributed by atoms with Gasteiger partial charge in [-0.2, -0.15) is 0 Å². The second-order valence-corrected chi connectivity index (χ2v) is 5.82. The lowest BCUT2D eigenvalue weighted by Crippen LogP contribution is -2.26. The van der Waals surface area contributed by atoms with E-state index in [-0.39, 0.29) is 24.5 Å². The molecule has 0 aliphatic rings. The molecular weight excluding hydrogens is 336 g/mol. The quantitative estimate of drug-likeness (QED) is 0.540. The van der Waals surface area contributed by atoms with E-state index >= 15 is 0 Å². The van der Waals surface area contributed by atoms with Gasteiger partial charge in [0.15, 0.2) is 0 Å². The first-order valence-electron chi connectivity index (χ1n) is 7.96. The van der Waals surface area contributed by atoms with Crippen LogP contribution in [0.3, 0.4) is 0 Å². The van der Waals surface area contributed by atoms with Crippen molar-refractivity contribution in [3.8, 4) is 0 Å². The lowest BCUT2D eigenvalue weighted by Gasteiger charge is -2.09. The molecule has 0 saturated carbocycles. The lowest BCUT2D eigenvalue weighted by molar-refractivity contribution is 0.155. The van der Waals surface area contributed by atoms with E-state index in [4.69, 9.17) is 0 Å². The minimum absolute atomic E-state index is 0.113. The summed E-state index contributed by atoms with van der Waals surface area (Å²) >= 11 is 0. The largest absolute Gasteiger partial charge is 0.424 e. The summed E-state index contributed by atoms with van der Waals surface area (Å²) in [4.78, 5) is 33.0. The van der Waals surface area contributed by atoms with Crippen LogP contribution in [0.4, 0.5) is 0 Å². The van der Waals surface area contributed by atoms with Crippen molar-refractivity contribution < 1.29 is 10.4 Å². The molecule has 8 heteroatoms. The van der Waals surface area contributed by atoms with E-state index < -0.39 is 11.1 Å². The first kappa shape index (κ1) is 15.8. The molecule has 2 aromatic heterocycles. The van der Waals surface area contributed by atoms with Crippen molar-refractivity contribution in [3.05, 3.63) is 80.9 Å². The third-order valence-electron chi connectivity index (χ3n) is 4.21. The third kappa shape index (κ3) is 2.48. The molecule has 0 atom stereocenters. The molecule has 2 N–H and O–H groups in total. The second kappa shape index (κ2) is 5.99. The second-order valence-electron chi connectivity index (χ2n) is 5.82. The van der Waals surface area contributed by atoms with Gasteiger partial charge in [-0.05, 0) is 24.3 Å². The standard InChI is InChI=1S/C18H14N4O4/c23-17-11-5-1-3-7-13(11)19-15(21(17)25)9-10-16-20-14-8-4-2-6-12(14)18(24)22(16)26/h1-8,25-26H,9-10H2. The fourth-order valence-corrected chi connectivity index (χ4v) is 2.89. The average Bonchev–Trinajstić information content (AvgIpc) is 2.67. The number of hydrogen-bond donors (Lipinski definition) is 2. The molecule has 0 amide bonds. The monoisotopic (exact) mass is 350 g/mol. The first-order chi connectivity index (χ1) is 12.6. The van der Waals surface area contributed by atoms with Crippen molar-refractivity contribution in [2.45, 2.75) is 12.8 Å². The average molecular weight is 350 g/mol. The molecule has 0 spiro atoms. The molecule has 0 aliphatic heterocycles. The van der Waals surface area contributed by atoms with Gasteiger partial charge in [0.25, 0.3) is 11.1 Å². The molecule has 0 aliphatic carbocycles. The number of benzene rings is 2. The Morgan fingerprint density at radius 1 is 0.692 bits per heavy atom. The fourth-order valence-electron chi connectivity index (χ4n) is 2.89. The summed E-state index contributed by atoms with van der Waals surface area (Å²) in [5, 5.41) is 20.7. The van der Waals surface area contributed by atoms with Crippen molar-refractivity contribution in [1.29, 1.82) is 0 Å². The predicted molar refractivity (Wildman–Crippen MR) is 93.8 cm³/mol. The smallest absolute Gasteiger partial charge is 0.293 e. The van der Waals surface area contributed by atoms with E-state index in [1.165, 1.54) is 0 Å². The van der Waals surface area contributed by atoms with Gasteiger partial charge in [-0.3, -0.25) is 9.59 Å². The fraction of sp³-hybridized carbons (Fsp3) is 0.111. The summed E-state index contributed by atoms with van der Waals surface area (Å²) in [6.07, 6.45) is 0.226. The third-order valence-corrected chi connectivity index (χ3v) is 4.21. The van der Waals surface area contributed by atoms with Gasteiger partial charge >= 0.3 is 0 Å². The molecule has 4 rings (SSSR count). The van der Waals surface area contributed by atoms with Crippen LogP contribution in [0.1, 0.15) is 11.6 Å². The van der Waals surface area contributed by atoms with Crippen LogP contribution in [0.25, 0.3) is 21.8 Å². The van der Waals surface area contributed by atoms with Crippen LogP contribution in [0.5, 0.6) is 0 Å². The van der Waals surface area contributed by atoms with E-state index in [1.54, 1.807) is 48.5 Å². The summed E-state index contributed by atoms with van der Waals surface area (Å²) in [6.45, 7) is 0. The maximum absolute atomic E-state index is 12.2. The van der Waals surface area contributed by atoms with Crippen molar-refractivity contribution >= 4 is 21.8 Å². The Morgan fingerprint density at radius 3 is 1.50 bits per heavy atom. The van der Waals surface area contributed by atoms with Crippen LogP contribution >= 0.6 is 0 Å². The number of hydrogen-bond acceptors (Lipinski definition) is 6. The molecule has 0 fully saturated rings. The maximum Gasteiger partial charge on any atom is 0.293 e. The van der Waals surface area contributed by atoms with Gasteiger partial charge in [0.1, 0.15) is 11.6 Å². The maximum atomic E-state index is 12.2. The van der Waals surface area contributed by atoms with Crippen LogP contribution < -0.4 is 11.1 Å². The van der Waals surface area contributed by atoms with Crippen LogP contribution in [-0.2, 0) is 12.8 Å². The molecule has 0 saturated heterocycles. The van der Waals surface area contributed by atoms with Gasteiger partial charge in [0, 0.05) is 12.8 Å². The normalized spacial score (nSPS) is 11.2. The summed E-state index contributed by atoms with van der Waals surface area (Å²) in [5.74, 6) is 0.243. The Balaban J connectivity index is 1.74. The number of para-hydroxylation sites is 2. The van der Waals surface area contributed by atoms with E-state index in [0.717, 1.165) is 0 Å².